The van der Waals surface area contributed by atoms with Crippen molar-refractivity contribution in [1.82, 2.24) is 10.0 Å². The van der Waals surface area contributed by atoms with Crippen molar-refractivity contribution in [2.45, 2.75) is 30.6 Å². The van der Waals surface area contributed by atoms with Gasteiger partial charge in [0.15, 0.2) is 0 Å². The Balaban J connectivity index is 1.69. The third-order valence-electron chi connectivity index (χ3n) is 4.26. The molecule has 0 bridgehead atoms. The molecule has 28 heavy (non-hydrogen) atoms. The van der Waals surface area contributed by atoms with Gasteiger partial charge in [0.1, 0.15) is 4.21 Å². The summed E-state index contributed by atoms with van der Waals surface area (Å²) in [5.74, 6) is -0.150. The van der Waals surface area contributed by atoms with E-state index >= 15 is 0 Å². The first-order valence-corrected chi connectivity index (χ1v) is 11.2. The highest BCUT2D eigenvalue weighted by atomic mass is 32.2. The Morgan fingerprint density at radius 1 is 0.964 bits per heavy atom. The van der Waals surface area contributed by atoms with Crippen LogP contribution in [0.1, 0.15) is 30.3 Å². The number of carbonyl (C=O) groups excluding carboxylic acids is 1. The van der Waals surface area contributed by atoms with Gasteiger partial charge in [-0.2, -0.15) is 0 Å². The third-order valence-corrected chi connectivity index (χ3v) is 7.38. The van der Waals surface area contributed by atoms with Crippen molar-refractivity contribution in [3.8, 4) is 11.1 Å². The molecule has 7 heteroatoms. The van der Waals surface area contributed by atoms with E-state index in [1.54, 1.807) is 12.1 Å². The lowest BCUT2D eigenvalue weighted by Crippen LogP contribution is -2.26. The van der Waals surface area contributed by atoms with Crippen molar-refractivity contribution in [3.63, 3.8) is 0 Å². The van der Waals surface area contributed by atoms with Crippen LogP contribution < -0.4 is 10.0 Å². The van der Waals surface area contributed by atoms with Gasteiger partial charge in [-0.25, -0.2) is 13.1 Å². The van der Waals surface area contributed by atoms with Crippen LogP contribution in [0, 0.1) is 0 Å². The van der Waals surface area contributed by atoms with Gasteiger partial charge in [-0.1, -0.05) is 54.6 Å². The lowest BCUT2D eigenvalue weighted by molar-refractivity contribution is -0.119. The summed E-state index contributed by atoms with van der Waals surface area (Å²) in [4.78, 5) is 11.8. The molecule has 2 N–H and O–H groups in total. The number of hydrogen-bond donors (Lipinski definition) is 2. The van der Waals surface area contributed by atoms with E-state index in [0.717, 1.165) is 32.9 Å². The molecule has 1 amide bonds. The van der Waals surface area contributed by atoms with E-state index in [0.29, 0.717) is 6.54 Å². The van der Waals surface area contributed by atoms with Crippen molar-refractivity contribution in [3.05, 3.63) is 77.2 Å². The standard InChI is InChI=1S/C21H22N2O3S2/c1-15(17-8-10-19(11-9-17)18-6-4-3-5-7-18)23-28(25,26)21-13-12-20(27-21)14-22-16(2)24/h3-13,15,23H,14H2,1-2H3,(H,22,24). The highest BCUT2D eigenvalue weighted by Crippen LogP contribution is 2.25. The number of hydrogen-bond acceptors (Lipinski definition) is 4. The average Bonchev–Trinajstić information content (AvgIpc) is 3.17. The zero-order valence-corrected chi connectivity index (χ0v) is 17.3. The molecule has 0 fully saturated rings. The minimum atomic E-state index is -3.63. The van der Waals surface area contributed by atoms with Crippen molar-refractivity contribution >= 4 is 27.3 Å². The van der Waals surface area contributed by atoms with Gasteiger partial charge in [0.2, 0.25) is 5.91 Å². The molecule has 0 radical (unpaired) electrons. The van der Waals surface area contributed by atoms with Gasteiger partial charge in [0.25, 0.3) is 10.0 Å². The van der Waals surface area contributed by atoms with E-state index in [4.69, 9.17) is 0 Å². The highest BCUT2D eigenvalue weighted by Gasteiger charge is 2.20. The van der Waals surface area contributed by atoms with Crippen LogP contribution in [0.25, 0.3) is 11.1 Å². The number of amides is 1. The Hall–Kier alpha value is -2.48. The Morgan fingerprint density at radius 2 is 1.61 bits per heavy atom. The predicted octanol–water partition coefficient (Wildman–Crippen LogP) is 4.09. The first kappa shape index (κ1) is 20.3. The van der Waals surface area contributed by atoms with Gasteiger partial charge in [0.05, 0.1) is 6.54 Å². The summed E-state index contributed by atoms with van der Waals surface area (Å²) in [5.41, 5.74) is 3.09. The average molecular weight is 415 g/mol. The second-order valence-electron chi connectivity index (χ2n) is 6.46. The maximum Gasteiger partial charge on any atom is 0.250 e. The molecule has 3 rings (SSSR count). The minimum absolute atomic E-state index is 0.150. The summed E-state index contributed by atoms with van der Waals surface area (Å²) in [7, 11) is -3.63. The fraction of sp³-hybridized carbons (Fsp3) is 0.190. The molecule has 0 aliphatic carbocycles. The molecule has 0 saturated heterocycles. The number of thiophene rings is 1. The summed E-state index contributed by atoms with van der Waals surface area (Å²) >= 11 is 1.15. The molecule has 1 atom stereocenters. The molecular weight excluding hydrogens is 392 g/mol. The molecule has 5 nitrogen and oxygen atoms in total. The van der Waals surface area contributed by atoms with Gasteiger partial charge in [-0.3, -0.25) is 4.79 Å². The summed E-state index contributed by atoms with van der Waals surface area (Å²) in [6.07, 6.45) is 0. The molecule has 0 aliphatic rings. The van der Waals surface area contributed by atoms with E-state index in [9.17, 15) is 13.2 Å². The van der Waals surface area contributed by atoms with Crippen molar-refractivity contribution in [2.24, 2.45) is 0 Å². The molecule has 146 valence electrons. The normalized spacial score (nSPS) is 12.5. The molecular formula is C21H22N2O3S2. The van der Waals surface area contributed by atoms with E-state index in [1.807, 2.05) is 61.5 Å². The van der Waals surface area contributed by atoms with Crippen LogP contribution >= 0.6 is 11.3 Å². The molecule has 2 aromatic carbocycles. The molecule has 1 heterocycles. The monoisotopic (exact) mass is 414 g/mol. The van der Waals surface area contributed by atoms with Gasteiger partial charge in [0, 0.05) is 17.8 Å². The molecule has 3 aromatic rings. The van der Waals surface area contributed by atoms with E-state index in [2.05, 4.69) is 10.0 Å². The van der Waals surface area contributed by atoms with E-state index < -0.39 is 10.0 Å². The van der Waals surface area contributed by atoms with Crippen LogP contribution in [0.3, 0.4) is 0 Å². The number of rotatable bonds is 7. The van der Waals surface area contributed by atoms with Gasteiger partial charge in [-0.15, -0.1) is 11.3 Å². The number of nitrogens with one attached hydrogen (secondary N) is 2. The quantitative estimate of drug-likeness (QED) is 0.611. The lowest BCUT2D eigenvalue weighted by atomic mass is 10.0. The Labute approximate surface area is 169 Å². The molecule has 0 aliphatic heterocycles. The summed E-state index contributed by atoms with van der Waals surface area (Å²) < 4.78 is 28.3. The maximum atomic E-state index is 12.7. The third kappa shape index (κ3) is 5.07. The largest absolute Gasteiger partial charge is 0.351 e. The van der Waals surface area contributed by atoms with E-state index in [1.165, 1.54) is 6.92 Å². The molecule has 1 unspecified atom stereocenters. The number of sulfonamides is 1. The second kappa shape index (κ2) is 8.68. The van der Waals surface area contributed by atoms with Crippen molar-refractivity contribution < 1.29 is 13.2 Å². The highest BCUT2D eigenvalue weighted by molar-refractivity contribution is 7.91. The van der Waals surface area contributed by atoms with E-state index in [-0.39, 0.29) is 16.2 Å². The fourth-order valence-corrected chi connectivity index (χ4v) is 5.31. The van der Waals surface area contributed by atoms with Crippen molar-refractivity contribution in [2.75, 3.05) is 0 Å². The van der Waals surface area contributed by atoms with Crippen LogP contribution in [0.4, 0.5) is 0 Å². The lowest BCUT2D eigenvalue weighted by Gasteiger charge is -2.14. The molecule has 0 saturated carbocycles. The minimum Gasteiger partial charge on any atom is -0.351 e. The Kier molecular flexibility index (Phi) is 6.28. The van der Waals surface area contributed by atoms with Crippen LogP contribution in [0.15, 0.2) is 70.9 Å². The van der Waals surface area contributed by atoms with Crippen LogP contribution in [0.5, 0.6) is 0 Å². The maximum absolute atomic E-state index is 12.7. The van der Waals surface area contributed by atoms with Gasteiger partial charge < -0.3 is 5.32 Å². The summed E-state index contributed by atoms with van der Waals surface area (Å²) in [6.45, 7) is 3.57. The zero-order valence-electron chi connectivity index (χ0n) is 15.7. The second-order valence-corrected chi connectivity index (χ2v) is 9.57. The first-order chi connectivity index (χ1) is 13.3. The zero-order chi connectivity index (χ0) is 20.1. The SMILES string of the molecule is CC(=O)NCc1ccc(S(=O)(=O)NC(C)c2ccc(-c3ccccc3)cc2)s1. The summed E-state index contributed by atoms with van der Waals surface area (Å²) in [5, 5.41) is 2.67. The number of carbonyl (C=O) groups is 1. The molecule has 0 spiro atoms. The number of benzene rings is 2. The van der Waals surface area contributed by atoms with Crippen LogP contribution in [0.2, 0.25) is 0 Å². The smallest absolute Gasteiger partial charge is 0.250 e. The van der Waals surface area contributed by atoms with Crippen LogP contribution in [-0.4, -0.2) is 14.3 Å². The Bertz CT molecular complexity index is 1040. The van der Waals surface area contributed by atoms with Gasteiger partial charge in [-0.05, 0) is 35.7 Å². The first-order valence-electron chi connectivity index (χ1n) is 8.86. The predicted molar refractivity (Wildman–Crippen MR) is 112 cm³/mol. The van der Waals surface area contributed by atoms with Crippen molar-refractivity contribution in [1.29, 1.82) is 0 Å². The topological polar surface area (TPSA) is 75.3 Å². The van der Waals surface area contributed by atoms with Gasteiger partial charge >= 0.3 is 0 Å². The van der Waals surface area contributed by atoms with Crippen LogP contribution in [-0.2, 0) is 21.4 Å². The molecule has 1 aromatic heterocycles. The summed E-state index contributed by atoms with van der Waals surface area (Å²) in [6, 6.07) is 20.8. The fourth-order valence-electron chi connectivity index (χ4n) is 2.76. The Morgan fingerprint density at radius 3 is 2.25 bits per heavy atom.